The molecule has 1 atom stereocenters. The average molecular weight is 165 g/mol. The molecule has 0 saturated heterocycles. The third kappa shape index (κ3) is 6.23. The molecule has 1 N–H and O–H groups in total. The summed E-state index contributed by atoms with van der Waals surface area (Å²) in [5.41, 5.74) is 0. The van der Waals surface area contributed by atoms with Gasteiger partial charge in [-0.3, -0.25) is 0 Å². The molecule has 0 aliphatic carbocycles. The monoisotopic (exact) mass is 165 g/mol. The topological polar surface area (TPSA) is 12.0 Å². The molecule has 11 heavy (non-hydrogen) atoms. The van der Waals surface area contributed by atoms with Gasteiger partial charge >= 0.3 is 0 Å². The van der Waals surface area contributed by atoms with E-state index in [0.717, 1.165) is 19.3 Å². The second kappa shape index (κ2) is 6.53. The van der Waals surface area contributed by atoms with Gasteiger partial charge in [-0.25, -0.2) is 8.78 Å². The number of rotatable bonds is 6. The van der Waals surface area contributed by atoms with Gasteiger partial charge in [0.2, 0.25) is 0 Å². The molecular formula is C8H17F2N. The lowest BCUT2D eigenvalue weighted by Gasteiger charge is -2.11. The number of nitrogens with one attached hydrogen (secondary N) is 1. The molecule has 1 unspecified atom stereocenters. The van der Waals surface area contributed by atoms with Crippen LogP contribution in [0.5, 0.6) is 0 Å². The zero-order valence-corrected chi connectivity index (χ0v) is 7.24. The first-order valence-corrected chi connectivity index (χ1v) is 4.20. The van der Waals surface area contributed by atoms with E-state index in [0.29, 0.717) is 6.54 Å². The van der Waals surface area contributed by atoms with Crippen LogP contribution in [0.1, 0.15) is 33.1 Å². The van der Waals surface area contributed by atoms with Crippen molar-refractivity contribution in [1.82, 2.24) is 5.32 Å². The second-order valence-corrected chi connectivity index (χ2v) is 2.78. The van der Waals surface area contributed by atoms with E-state index in [1.165, 1.54) is 6.92 Å². The van der Waals surface area contributed by atoms with Crippen molar-refractivity contribution in [3.05, 3.63) is 0 Å². The van der Waals surface area contributed by atoms with Crippen LogP contribution in [-0.4, -0.2) is 19.0 Å². The summed E-state index contributed by atoms with van der Waals surface area (Å²) in [5, 5.41) is 2.77. The number of hydrogen-bond acceptors (Lipinski definition) is 1. The van der Waals surface area contributed by atoms with E-state index >= 15 is 0 Å². The highest BCUT2D eigenvalue weighted by molar-refractivity contribution is 4.61. The van der Waals surface area contributed by atoms with Gasteiger partial charge in [-0.2, -0.15) is 0 Å². The summed E-state index contributed by atoms with van der Waals surface area (Å²) in [5.74, 6) is 0. The number of halogens is 2. The maximum absolute atomic E-state index is 11.9. The van der Waals surface area contributed by atoms with Gasteiger partial charge in [0.25, 0.3) is 6.43 Å². The highest BCUT2D eigenvalue weighted by Crippen LogP contribution is 1.99. The Bertz CT molecular complexity index is 86.2. The minimum Gasteiger partial charge on any atom is -0.309 e. The molecule has 0 aromatic carbocycles. The Labute approximate surface area is 67.2 Å². The van der Waals surface area contributed by atoms with Gasteiger partial charge in [0.15, 0.2) is 0 Å². The summed E-state index contributed by atoms with van der Waals surface area (Å²) < 4.78 is 23.8. The number of hydrogen-bond donors (Lipinski definition) is 1. The molecule has 0 amide bonds. The van der Waals surface area contributed by atoms with E-state index in [-0.39, 0.29) is 0 Å². The van der Waals surface area contributed by atoms with Gasteiger partial charge in [-0.1, -0.05) is 19.8 Å². The van der Waals surface area contributed by atoms with Crippen LogP contribution < -0.4 is 5.32 Å². The third-order valence-corrected chi connectivity index (χ3v) is 1.62. The fraction of sp³-hybridized carbons (Fsp3) is 1.00. The highest BCUT2D eigenvalue weighted by Gasteiger charge is 2.12. The van der Waals surface area contributed by atoms with Crippen molar-refractivity contribution in [3.8, 4) is 0 Å². The molecule has 0 saturated carbocycles. The molecule has 0 heterocycles. The Hall–Kier alpha value is -0.180. The largest absolute Gasteiger partial charge is 0.309 e. The minimum atomic E-state index is -2.24. The van der Waals surface area contributed by atoms with Crippen LogP contribution >= 0.6 is 0 Å². The van der Waals surface area contributed by atoms with Gasteiger partial charge < -0.3 is 5.32 Å². The Kier molecular flexibility index (Phi) is 6.42. The van der Waals surface area contributed by atoms with Crippen LogP contribution in [0.4, 0.5) is 8.78 Å². The molecule has 68 valence electrons. The fourth-order valence-corrected chi connectivity index (χ4v) is 0.794. The molecule has 0 aromatic heterocycles. The summed E-state index contributed by atoms with van der Waals surface area (Å²) >= 11 is 0. The predicted molar refractivity (Wildman–Crippen MR) is 43.0 cm³/mol. The van der Waals surface area contributed by atoms with E-state index in [9.17, 15) is 8.78 Å². The van der Waals surface area contributed by atoms with Crippen LogP contribution in [-0.2, 0) is 0 Å². The molecule has 0 aliphatic rings. The molecule has 0 spiro atoms. The first-order chi connectivity index (χ1) is 5.18. The number of unbranched alkanes of at least 4 members (excludes halogenated alkanes) is 2. The van der Waals surface area contributed by atoms with Gasteiger partial charge in [0.1, 0.15) is 0 Å². The predicted octanol–water partition coefficient (Wildman–Crippen LogP) is 2.42. The van der Waals surface area contributed by atoms with Gasteiger partial charge in [0, 0.05) is 0 Å². The molecule has 0 aliphatic heterocycles. The zero-order valence-electron chi connectivity index (χ0n) is 7.24. The van der Waals surface area contributed by atoms with E-state index in [1.54, 1.807) is 0 Å². The Balaban J connectivity index is 3.10. The van der Waals surface area contributed by atoms with Crippen LogP contribution in [0, 0.1) is 0 Å². The molecule has 1 nitrogen and oxygen atoms in total. The Morgan fingerprint density at radius 2 is 1.91 bits per heavy atom. The Morgan fingerprint density at radius 3 is 2.36 bits per heavy atom. The summed E-state index contributed by atoms with van der Waals surface area (Å²) in [7, 11) is 0. The summed E-state index contributed by atoms with van der Waals surface area (Å²) in [4.78, 5) is 0. The van der Waals surface area contributed by atoms with Crippen LogP contribution in [0.3, 0.4) is 0 Å². The average Bonchev–Trinajstić information content (AvgIpc) is 1.97. The van der Waals surface area contributed by atoms with Crippen LogP contribution in [0.25, 0.3) is 0 Å². The van der Waals surface area contributed by atoms with Crippen molar-refractivity contribution in [2.45, 2.75) is 45.6 Å². The summed E-state index contributed by atoms with van der Waals surface area (Å²) in [6.45, 7) is 4.31. The second-order valence-electron chi connectivity index (χ2n) is 2.78. The zero-order chi connectivity index (χ0) is 8.69. The van der Waals surface area contributed by atoms with Crippen LogP contribution in [0.15, 0.2) is 0 Å². The molecule has 0 aromatic rings. The van der Waals surface area contributed by atoms with Crippen molar-refractivity contribution in [2.75, 3.05) is 6.54 Å². The highest BCUT2D eigenvalue weighted by atomic mass is 19.3. The minimum absolute atomic E-state index is 0.660. The first kappa shape index (κ1) is 10.8. The maximum atomic E-state index is 11.9. The normalized spacial score (nSPS) is 13.9. The molecule has 0 bridgehead atoms. The fourth-order valence-electron chi connectivity index (χ4n) is 0.794. The van der Waals surface area contributed by atoms with Gasteiger partial charge in [-0.15, -0.1) is 0 Å². The lowest BCUT2D eigenvalue weighted by atomic mass is 10.2. The lowest BCUT2D eigenvalue weighted by Crippen LogP contribution is -2.33. The molecule has 3 heteroatoms. The third-order valence-electron chi connectivity index (χ3n) is 1.62. The van der Waals surface area contributed by atoms with E-state index in [1.807, 2.05) is 0 Å². The summed E-state index contributed by atoms with van der Waals surface area (Å²) in [6, 6.07) is -0.660. The standard InChI is InChI=1S/C8H17F2N/c1-3-4-5-6-11-7(2)8(9)10/h7-8,11H,3-6H2,1-2H3. The van der Waals surface area contributed by atoms with Gasteiger partial charge in [-0.05, 0) is 19.9 Å². The molecular weight excluding hydrogens is 148 g/mol. The maximum Gasteiger partial charge on any atom is 0.253 e. The first-order valence-electron chi connectivity index (χ1n) is 4.20. The number of alkyl halides is 2. The molecule has 0 fully saturated rings. The van der Waals surface area contributed by atoms with E-state index in [2.05, 4.69) is 12.2 Å². The Morgan fingerprint density at radius 1 is 1.27 bits per heavy atom. The van der Waals surface area contributed by atoms with E-state index < -0.39 is 12.5 Å². The SMILES string of the molecule is CCCCCNC(C)C(F)F. The summed E-state index contributed by atoms with van der Waals surface area (Å²) in [6.07, 6.45) is 0.998. The van der Waals surface area contributed by atoms with Crippen molar-refractivity contribution in [2.24, 2.45) is 0 Å². The van der Waals surface area contributed by atoms with Crippen molar-refractivity contribution >= 4 is 0 Å². The molecule has 0 radical (unpaired) electrons. The van der Waals surface area contributed by atoms with E-state index in [4.69, 9.17) is 0 Å². The van der Waals surface area contributed by atoms with Crippen LogP contribution in [0.2, 0.25) is 0 Å². The quantitative estimate of drug-likeness (QED) is 0.596. The van der Waals surface area contributed by atoms with Crippen molar-refractivity contribution in [1.29, 1.82) is 0 Å². The van der Waals surface area contributed by atoms with Crippen molar-refractivity contribution < 1.29 is 8.78 Å². The lowest BCUT2D eigenvalue weighted by molar-refractivity contribution is 0.106. The molecule has 0 rings (SSSR count). The smallest absolute Gasteiger partial charge is 0.253 e. The van der Waals surface area contributed by atoms with Crippen molar-refractivity contribution in [3.63, 3.8) is 0 Å². The van der Waals surface area contributed by atoms with Gasteiger partial charge in [0.05, 0.1) is 6.04 Å².